The maximum atomic E-state index is 6.37. The molecule has 0 aliphatic heterocycles. The Morgan fingerprint density at radius 2 is 1.83 bits per heavy atom. The maximum Gasteiger partial charge on any atom is 0.138 e. The fourth-order valence-electron chi connectivity index (χ4n) is 1.85. The fourth-order valence-corrected chi connectivity index (χ4v) is 2.77. The number of rotatable bonds is 7. The number of benzene rings is 1. The van der Waals surface area contributed by atoms with Gasteiger partial charge in [-0.05, 0) is 18.1 Å². The highest BCUT2D eigenvalue weighted by Gasteiger charge is 2.15. The number of hydrogen-bond donors (Lipinski definition) is 0. The zero-order chi connectivity index (χ0) is 13.5. The van der Waals surface area contributed by atoms with Crippen LogP contribution < -0.4 is 4.74 Å². The summed E-state index contributed by atoms with van der Waals surface area (Å²) in [4.78, 5) is 0. The maximum absolute atomic E-state index is 6.37. The molecule has 0 heterocycles. The lowest BCUT2D eigenvalue weighted by Crippen LogP contribution is -1.94. The van der Waals surface area contributed by atoms with E-state index in [2.05, 4.69) is 6.92 Å². The molecule has 0 radical (unpaired) electrons. The number of ether oxygens (including phenoxy) is 1. The molecule has 1 aromatic rings. The molecular formula is C14H19Cl3O. The van der Waals surface area contributed by atoms with Gasteiger partial charge in [-0.25, -0.2) is 0 Å². The first kappa shape index (κ1) is 15.9. The third kappa shape index (κ3) is 4.53. The zero-order valence-electron chi connectivity index (χ0n) is 10.8. The summed E-state index contributed by atoms with van der Waals surface area (Å²) >= 11 is 18.7. The van der Waals surface area contributed by atoms with Gasteiger partial charge in [0.1, 0.15) is 5.75 Å². The molecule has 0 aromatic heterocycles. The predicted molar refractivity (Wildman–Crippen MR) is 80.4 cm³/mol. The van der Waals surface area contributed by atoms with Crippen molar-refractivity contribution in [3.8, 4) is 5.75 Å². The van der Waals surface area contributed by atoms with Gasteiger partial charge in [0.05, 0.1) is 17.5 Å². The van der Waals surface area contributed by atoms with Gasteiger partial charge >= 0.3 is 0 Å². The first-order valence-electron chi connectivity index (χ1n) is 6.27. The van der Waals surface area contributed by atoms with Crippen molar-refractivity contribution in [2.24, 2.45) is 0 Å². The Balaban J connectivity index is 2.67. The minimum atomic E-state index is -0.0854. The number of hydrogen-bond acceptors (Lipinski definition) is 1. The van der Waals surface area contributed by atoms with Crippen LogP contribution in [-0.2, 0) is 0 Å². The van der Waals surface area contributed by atoms with E-state index < -0.39 is 0 Å². The van der Waals surface area contributed by atoms with Gasteiger partial charge in [0.2, 0.25) is 0 Å². The van der Waals surface area contributed by atoms with Gasteiger partial charge in [-0.1, -0.05) is 55.8 Å². The molecule has 0 bridgehead atoms. The van der Waals surface area contributed by atoms with Crippen molar-refractivity contribution in [2.45, 2.75) is 44.4 Å². The monoisotopic (exact) mass is 308 g/mol. The summed E-state index contributed by atoms with van der Waals surface area (Å²) in [5, 5.41) is 1.08. The standard InChI is InChI=1S/C14H19Cl3O/c1-3-4-5-6-7-11(15)10-8-13(17)14(18-2)9-12(10)16/h8-9,11H,3-7H2,1-2H3. The first-order valence-corrected chi connectivity index (χ1v) is 7.46. The highest BCUT2D eigenvalue weighted by molar-refractivity contribution is 6.35. The van der Waals surface area contributed by atoms with E-state index in [1.165, 1.54) is 19.3 Å². The normalized spacial score (nSPS) is 12.5. The minimum absolute atomic E-state index is 0.0854. The molecule has 0 aliphatic carbocycles. The van der Waals surface area contributed by atoms with E-state index in [-0.39, 0.29) is 5.38 Å². The number of halogens is 3. The lowest BCUT2D eigenvalue weighted by molar-refractivity contribution is 0.415. The Morgan fingerprint density at radius 1 is 1.11 bits per heavy atom. The molecule has 0 fully saturated rings. The van der Waals surface area contributed by atoms with Gasteiger partial charge in [-0.15, -0.1) is 11.6 Å². The molecule has 4 heteroatoms. The summed E-state index contributed by atoms with van der Waals surface area (Å²) < 4.78 is 5.11. The van der Waals surface area contributed by atoms with E-state index in [1.54, 1.807) is 19.2 Å². The smallest absolute Gasteiger partial charge is 0.138 e. The second-order valence-corrected chi connectivity index (χ2v) is 5.67. The van der Waals surface area contributed by atoms with Crippen LogP contribution in [-0.4, -0.2) is 7.11 Å². The van der Waals surface area contributed by atoms with Crippen LogP contribution in [0.1, 0.15) is 50.0 Å². The van der Waals surface area contributed by atoms with Crippen LogP contribution in [0.25, 0.3) is 0 Å². The van der Waals surface area contributed by atoms with Crippen LogP contribution in [0.3, 0.4) is 0 Å². The average molecular weight is 310 g/mol. The zero-order valence-corrected chi connectivity index (χ0v) is 13.1. The highest BCUT2D eigenvalue weighted by Crippen LogP contribution is 2.38. The molecule has 0 amide bonds. The van der Waals surface area contributed by atoms with Crippen LogP contribution in [0.4, 0.5) is 0 Å². The summed E-state index contributed by atoms with van der Waals surface area (Å²) in [6.07, 6.45) is 5.72. The Bertz CT molecular complexity index is 380. The molecule has 1 unspecified atom stereocenters. The van der Waals surface area contributed by atoms with E-state index in [4.69, 9.17) is 39.5 Å². The van der Waals surface area contributed by atoms with Crippen LogP contribution in [0.2, 0.25) is 10.0 Å². The number of alkyl halides is 1. The SMILES string of the molecule is CCCCCCC(Cl)c1cc(Cl)c(OC)cc1Cl. The van der Waals surface area contributed by atoms with Crippen molar-refractivity contribution in [3.63, 3.8) is 0 Å². The van der Waals surface area contributed by atoms with Crippen molar-refractivity contribution < 1.29 is 4.74 Å². The third-order valence-electron chi connectivity index (χ3n) is 2.92. The van der Waals surface area contributed by atoms with Gasteiger partial charge in [0.25, 0.3) is 0 Å². The van der Waals surface area contributed by atoms with Gasteiger partial charge in [0.15, 0.2) is 0 Å². The topological polar surface area (TPSA) is 9.23 Å². The molecule has 0 saturated carbocycles. The lowest BCUT2D eigenvalue weighted by Gasteiger charge is -2.14. The first-order chi connectivity index (χ1) is 8.60. The molecule has 0 aliphatic rings. The summed E-state index contributed by atoms with van der Waals surface area (Å²) in [6.45, 7) is 2.19. The van der Waals surface area contributed by atoms with Crippen LogP contribution in [0, 0.1) is 0 Å². The summed E-state index contributed by atoms with van der Waals surface area (Å²) in [5.41, 5.74) is 0.889. The number of methoxy groups -OCH3 is 1. The molecule has 0 N–H and O–H groups in total. The predicted octanol–water partition coefficient (Wildman–Crippen LogP) is 6.25. The molecule has 0 spiro atoms. The van der Waals surface area contributed by atoms with Crippen molar-refractivity contribution >= 4 is 34.8 Å². The summed E-state index contributed by atoms with van der Waals surface area (Å²) in [6, 6.07) is 3.53. The molecule has 0 saturated heterocycles. The second kappa shape index (κ2) is 8.14. The van der Waals surface area contributed by atoms with E-state index in [0.29, 0.717) is 15.8 Å². The molecular weight excluding hydrogens is 291 g/mol. The van der Waals surface area contributed by atoms with Crippen molar-refractivity contribution in [1.29, 1.82) is 0 Å². The third-order valence-corrected chi connectivity index (χ3v) is 4.00. The molecule has 1 aromatic carbocycles. The van der Waals surface area contributed by atoms with E-state index in [1.807, 2.05) is 0 Å². The van der Waals surface area contributed by atoms with Crippen molar-refractivity contribution in [2.75, 3.05) is 7.11 Å². The van der Waals surface area contributed by atoms with Gasteiger partial charge in [-0.2, -0.15) is 0 Å². The second-order valence-electron chi connectivity index (χ2n) is 4.33. The van der Waals surface area contributed by atoms with Gasteiger partial charge in [-0.3, -0.25) is 0 Å². The van der Waals surface area contributed by atoms with Gasteiger partial charge in [0, 0.05) is 11.1 Å². The van der Waals surface area contributed by atoms with E-state index >= 15 is 0 Å². The Labute approximate surface area is 124 Å². The van der Waals surface area contributed by atoms with Crippen molar-refractivity contribution in [3.05, 3.63) is 27.7 Å². The average Bonchev–Trinajstić information content (AvgIpc) is 2.36. The van der Waals surface area contributed by atoms with Crippen LogP contribution in [0.15, 0.2) is 12.1 Å². The number of unbranched alkanes of at least 4 members (excludes halogenated alkanes) is 3. The van der Waals surface area contributed by atoms with Crippen molar-refractivity contribution in [1.82, 2.24) is 0 Å². The minimum Gasteiger partial charge on any atom is -0.495 e. The molecule has 1 atom stereocenters. The van der Waals surface area contributed by atoms with Crippen LogP contribution in [0.5, 0.6) is 5.75 Å². The van der Waals surface area contributed by atoms with Gasteiger partial charge < -0.3 is 4.74 Å². The van der Waals surface area contributed by atoms with Crippen LogP contribution >= 0.6 is 34.8 Å². The van der Waals surface area contributed by atoms with E-state index in [0.717, 1.165) is 18.4 Å². The largest absolute Gasteiger partial charge is 0.495 e. The molecule has 1 rings (SSSR count). The quantitative estimate of drug-likeness (QED) is 0.427. The van der Waals surface area contributed by atoms with E-state index in [9.17, 15) is 0 Å². The fraction of sp³-hybridized carbons (Fsp3) is 0.571. The summed E-state index contributed by atoms with van der Waals surface area (Å²) in [7, 11) is 1.57. The Morgan fingerprint density at radius 3 is 2.44 bits per heavy atom. The summed E-state index contributed by atoms with van der Waals surface area (Å²) in [5.74, 6) is 0.584. The lowest BCUT2D eigenvalue weighted by atomic mass is 10.0. The molecule has 1 nitrogen and oxygen atoms in total. The Kier molecular flexibility index (Phi) is 7.21. The highest BCUT2D eigenvalue weighted by atomic mass is 35.5. The molecule has 18 heavy (non-hydrogen) atoms. The Hall–Kier alpha value is -0.110. The molecule has 102 valence electrons.